The number of amides is 1. The van der Waals surface area contributed by atoms with Gasteiger partial charge in [0, 0.05) is 25.0 Å². The van der Waals surface area contributed by atoms with Crippen LogP contribution in [0.3, 0.4) is 0 Å². The molecular weight excluding hydrogens is 244 g/mol. The van der Waals surface area contributed by atoms with Gasteiger partial charge in [0.2, 0.25) is 5.91 Å². The second-order valence-electron chi connectivity index (χ2n) is 6.26. The van der Waals surface area contributed by atoms with Crippen LogP contribution in [0.25, 0.3) is 0 Å². The van der Waals surface area contributed by atoms with Crippen LogP contribution >= 0.6 is 0 Å². The number of carbonyl (C=O) groups excluding carboxylic acids is 1. The Morgan fingerprint density at radius 2 is 2.21 bits per heavy atom. The molecule has 110 valence electrons. The molecule has 19 heavy (non-hydrogen) atoms. The molecule has 2 rings (SSSR count). The molecule has 1 amide bonds. The molecule has 0 aromatic heterocycles. The molecule has 0 radical (unpaired) electrons. The number of ether oxygens (including phenoxy) is 2. The maximum absolute atomic E-state index is 12.8. The Labute approximate surface area is 115 Å². The number of hydrogen-bond donors (Lipinski definition) is 1. The van der Waals surface area contributed by atoms with Crippen LogP contribution in [0.4, 0.5) is 0 Å². The summed E-state index contributed by atoms with van der Waals surface area (Å²) in [6, 6.07) is 0.101. The third-order valence-electron chi connectivity index (χ3n) is 4.84. The molecule has 3 unspecified atom stereocenters. The number of rotatable bonds is 3. The van der Waals surface area contributed by atoms with E-state index in [0.29, 0.717) is 32.8 Å². The predicted molar refractivity (Wildman–Crippen MR) is 72.7 cm³/mol. The van der Waals surface area contributed by atoms with Crippen LogP contribution in [0.15, 0.2) is 0 Å². The smallest absolute Gasteiger partial charge is 0.243 e. The molecule has 5 nitrogen and oxygen atoms in total. The molecule has 2 fully saturated rings. The highest BCUT2D eigenvalue weighted by Gasteiger charge is 2.64. The summed E-state index contributed by atoms with van der Waals surface area (Å²) in [6.45, 7) is 10.5. The Bertz CT molecular complexity index is 359. The van der Waals surface area contributed by atoms with Crippen molar-refractivity contribution in [1.29, 1.82) is 0 Å². The predicted octanol–water partition coefficient (Wildman–Crippen LogP) is 0.766. The zero-order chi connectivity index (χ0) is 14.3. The molecule has 1 heterocycles. The second-order valence-corrected chi connectivity index (χ2v) is 6.26. The Morgan fingerprint density at radius 3 is 2.74 bits per heavy atom. The van der Waals surface area contributed by atoms with E-state index in [4.69, 9.17) is 15.2 Å². The lowest BCUT2D eigenvalue weighted by Crippen LogP contribution is -2.77. The first kappa shape index (κ1) is 14.8. The number of nitrogens with zero attached hydrogens (tertiary/aromatic N) is 1. The molecule has 0 spiro atoms. The summed E-state index contributed by atoms with van der Waals surface area (Å²) < 4.78 is 11.1. The Balaban J connectivity index is 2.11. The van der Waals surface area contributed by atoms with Crippen molar-refractivity contribution in [2.24, 2.45) is 11.1 Å². The van der Waals surface area contributed by atoms with E-state index in [1.165, 1.54) is 0 Å². The van der Waals surface area contributed by atoms with Gasteiger partial charge in [-0.1, -0.05) is 13.8 Å². The van der Waals surface area contributed by atoms with E-state index < -0.39 is 5.54 Å². The van der Waals surface area contributed by atoms with Crippen LogP contribution in [0, 0.1) is 5.41 Å². The molecular formula is C14H26N2O3. The maximum Gasteiger partial charge on any atom is 0.243 e. The van der Waals surface area contributed by atoms with Crippen LogP contribution < -0.4 is 5.73 Å². The summed E-state index contributed by atoms with van der Waals surface area (Å²) in [5, 5.41) is 0. The molecule has 0 bridgehead atoms. The first-order chi connectivity index (χ1) is 8.84. The van der Waals surface area contributed by atoms with Crippen molar-refractivity contribution < 1.29 is 14.3 Å². The van der Waals surface area contributed by atoms with E-state index in [1.807, 2.05) is 32.6 Å². The zero-order valence-corrected chi connectivity index (χ0v) is 12.4. The minimum absolute atomic E-state index is 0.0456. The van der Waals surface area contributed by atoms with Crippen LogP contribution in [0.1, 0.15) is 34.1 Å². The Hall–Kier alpha value is -0.650. The molecule has 1 saturated heterocycles. The summed E-state index contributed by atoms with van der Waals surface area (Å²) in [7, 11) is 0. The summed E-state index contributed by atoms with van der Waals surface area (Å²) in [6.07, 6.45) is 0.680. The van der Waals surface area contributed by atoms with Crippen LogP contribution in [0.5, 0.6) is 0 Å². The van der Waals surface area contributed by atoms with Gasteiger partial charge in [0.05, 0.1) is 25.4 Å². The van der Waals surface area contributed by atoms with Crippen LogP contribution in [0.2, 0.25) is 0 Å². The lowest BCUT2D eigenvalue weighted by molar-refractivity contribution is -0.184. The monoisotopic (exact) mass is 270 g/mol. The van der Waals surface area contributed by atoms with Crippen molar-refractivity contribution in [3.05, 3.63) is 0 Å². The Morgan fingerprint density at radius 1 is 1.53 bits per heavy atom. The van der Waals surface area contributed by atoms with E-state index in [0.717, 1.165) is 0 Å². The highest BCUT2D eigenvalue weighted by atomic mass is 16.5. The molecule has 1 aliphatic carbocycles. The lowest BCUT2D eigenvalue weighted by atomic mass is 9.54. The van der Waals surface area contributed by atoms with Gasteiger partial charge in [-0.05, 0) is 13.8 Å². The standard InChI is InChI=1S/C14H26N2O3/c1-5-19-11-8-14(15,13(11,3)4)12(17)16-6-7-18-9-10(16)2/h10-11H,5-9,15H2,1-4H3. The highest BCUT2D eigenvalue weighted by Crippen LogP contribution is 2.50. The minimum atomic E-state index is -0.807. The van der Waals surface area contributed by atoms with Crippen molar-refractivity contribution in [3.8, 4) is 0 Å². The van der Waals surface area contributed by atoms with E-state index in [1.54, 1.807) is 0 Å². The quantitative estimate of drug-likeness (QED) is 0.822. The highest BCUT2D eigenvalue weighted by molar-refractivity contribution is 5.89. The SMILES string of the molecule is CCOC1CC(N)(C(=O)N2CCOCC2C)C1(C)C. The fourth-order valence-electron chi connectivity index (χ4n) is 3.08. The van der Waals surface area contributed by atoms with Gasteiger partial charge in [0.1, 0.15) is 5.54 Å². The first-order valence-corrected chi connectivity index (χ1v) is 7.14. The second kappa shape index (κ2) is 5.04. The third kappa shape index (κ3) is 2.18. The summed E-state index contributed by atoms with van der Waals surface area (Å²) in [4.78, 5) is 14.6. The van der Waals surface area contributed by atoms with Gasteiger partial charge < -0.3 is 20.1 Å². The number of carbonyl (C=O) groups is 1. The lowest BCUT2D eigenvalue weighted by Gasteiger charge is -2.59. The third-order valence-corrected chi connectivity index (χ3v) is 4.84. The van der Waals surface area contributed by atoms with Gasteiger partial charge in [0.25, 0.3) is 0 Å². The van der Waals surface area contributed by atoms with Gasteiger partial charge in [-0.25, -0.2) is 0 Å². The van der Waals surface area contributed by atoms with Gasteiger partial charge in [0.15, 0.2) is 0 Å². The molecule has 5 heteroatoms. The van der Waals surface area contributed by atoms with Crippen LogP contribution in [-0.4, -0.2) is 54.9 Å². The molecule has 2 N–H and O–H groups in total. The van der Waals surface area contributed by atoms with Gasteiger partial charge in [-0.3, -0.25) is 4.79 Å². The molecule has 1 saturated carbocycles. The first-order valence-electron chi connectivity index (χ1n) is 7.14. The molecule has 0 aromatic rings. The number of hydrogen-bond acceptors (Lipinski definition) is 4. The fourth-order valence-corrected chi connectivity index (χ4v) is 3.08. The zero-order valence-electron chi connectivity index (χ0n) is 12.4. The van der Waals surface area contributed by atoms with E-state index in [9.17, 15) is 4.79 Å². The van der Waals surface area contributed by atoms with Crippen LogP contribution in [-0.2, 0) is 14.3 Å². The van der Waals surface area contributed by atoms with E-state index in [-0.39, 0.29) is 23.5 Å². The van der Waals surface area contributed by atoms with Crippen molar-refractivity contribution in [2.75, 3.05) is 26.4 Å². The average molecular weight is 270 g/mol. The Kier molecular flexibility index (Phi) is 3.91. The van der Waals surface area contributed by atoms with Crippen molar-refractivity contribution in [1.82, 2.24) is 4.90 Å². The van der Waals surface area contributed by atoms with E-state index in [2.05, 4.69) is 0 Å². The van der Waals surface area contributed by atoms with Gasteiger partial charge in [-0.2, -0.15) is 0 Å². The number of nitrogens with two attached hydrogens (primary N) is 1. The van der Waals surface area contributed by atoms with Crippen molar-refractivity contribution in [3.63, 3.8) is 0 Å². The van der Waals surface area contributed by atoms with Crippen molar-refractivity contribution >= 4 is 5.91 Å². The number of morpholine rings is 1. The molecule has 0 aromatic carbocycles. The summed E-state index contributed by atoms with van der Waals surface area (Å²) in [5.74, 6) is 0.0456. The minimum Gasteiger partial charge on any atom is -0.378 e. The topological polar surface area (TPSA) is 64.8 Å². The van der Waals surface area contributed by atoms with Gasteiger partial charge >= 0.3 is 0 Å². The fraction of sp³-hybridized carbons (Fsp3) is 0.929. The molecule has 3 atom stereocenters. The summed E-state index contributed by atoms with van der Waals surface area (Å²) in [5.41, 5.74) is 5.30. The summed E-state index contributed by atoms with van der Waals surface area (Å²) >= 11 is 0. The maximum atomic E-state index is 12.8. The molecule has 2 aliphatic rings. The average Bonchev–Trinajstić information content (AvgIpc) is 2.38. The van der Waals surface area contributed by atoms with Gasteiger partial charge in [-0.15, -0.1) is 0 Å². The normalized spacial score (nSPS) is 37.8. The van der Waals surface area contributed by atoms with E-state index >= 15 is 0 Å². The molecule has 1 aliphatic heterocycles. The largest absolute Gasteiger partial charge is 0.378 e. The van der Waals surface area contributed by atoms with Crippen molar-refractivity contribution in [2.45, 2.75) is 51.8 Å².